The molecule has 1 aliphatic rings. The number of benzene rings is 1. The van der Waals surface area contributed by atoms with Crippen LogP contribution in [-0.2, 0) is 13.0 Å². The van der Waals surface area contributed by atoms with Crippen molar-refractivity contribution in [2.45, 2.75) is 25.9 Å². The Morgan fingerprint density at radius 3 is 2.72 bits per heavy atom. The predicted molar refractivity (Wildman–Crippen MR) is 73.8 cm³/mol. The first kappa shape index (κ1) is 11.5. The zero-order valence-electron chi connectivity index (χ0n) is 10.3. The first-order chi connectivity index (χ1) is 8.75. The molecule has 0 fully saturated rings. The van der Waals surface area contributed by atoms with E-state index in [0.29, 0.717) is 0 Å². The molecule has 2 aromatic rings. The van der Waals surface area contributed by atoms with Gasteiger partial charge in [-0.1, -0.05) is 30.3 Å². The maximum Gasteiger partial charge on any atom is 0.264 e. The Balaban J connectivity index is 1.89. The molecule has 3 heteroatoms. The molecular formula is C15H15NOS. The van der Waals surface area contributed by atoms with Crippen LogP contribution in [0.3, 0.4) is 0 Å². The fraction of sp³-hybridized carbons (Fsp3) is 0.267. The number of rotatable bonds is 1. The van der Waals surface area contributed by atoms with Gasteiger partial charge in [0.15, 0.2) is 0 Å². The van der Waals surface area contributed by atoms with Gasteiger partial charge in [-0.15, -0.1) is 11.3 Å². The number of nitrogens with zero attached hydrogens (tertiary/aromatic N) is 1. The molecule has 0 radical (unpaired) electrons. The topological polar surface area (TPSA) is 20.3 Å². The van der Waals surface area contributed by atoms with Crippen LogP contribution in [0.5, 0.6) is 0 Å². The van der Waals surface area contributed by atoms with Crippen molar-refractivity contribution < 1.29 is 4.79 Å². The molecule has 18 heavy (non-hydrogen) atoms. The minimum atomic E-state index is 0.159. The summed E-state index contributed by atoms with van der Waals surface area (Å²) in [4.78, 5) is 15.2. The zero-order chi connectivity index (χ0) is 12.5. The molecule has 0 saturated carbocycles. The van der Waals surface area contributed by atoms with Crippen molar-refractivity contribution in [3.63, 3.8) is 0 Å². The van der Waals surface area contributed by atoms with E-state index in [1.54, 1.807) is 0 Å². The number of amides is 1. The highest BCUT2D eigenvalue weighted by atomic mass is 32.1. The molecule has 0 spiro atoms. The van der Waals surface area contributed by atoms with Crippen molar-refractivity contribution in [3.8, 4) is 0 Å². The van der Waals surface area contributed by atoms with E-state index in [1.165, 1.54) is 22.5 Å². The minimum Gasteiger partial charge on any atom is -0.331 e. The fourth-order valence-corrected chi connectivity index (χ4v) is 3.17. The fourth-order valence-electron chi connectivity index (χ4n) is 2.49. The summed E-state index contributed by atoms with van der Waals surface area (Å²) in [5, 5.41) is 1.95. The van der Waals surface area contributed by atoms with Crippen molar-refractivity contribution in [3.05, 3.63) is 57.8 Å². The Morgan fingerprint density at radius 1 is 1.22 bits per heavy atom. The lowest BCUT2D eigenvalue weighted by Crippen LogP contribution is -2.42. The van der Waals surface area contributed by atoms with E-state index in [2.05, 4.69) is 25.1 Å². The Morgan fingerprint density at radius 2 is 2.00 bits per heavy atom. The van der Waals surface area contributed by atoms with Crippen LogP contribution < -0.4 is 0 Å². The first-order valence-corrected chi connectivity index (χ1v) is 7.05. The minimum absolute atomic E-state index is 0.159. The van der Waals surface area contributed by atoms with Gasteiger partial charge < -0.3 is 4.90 Å². The average Bonchev–Trinajstić information content (AvgIpc) is 2.91. The van der Waals surface area contributed by atoms with Gasteiger partial charge in [0.25, 0.3) is 5.91 Å². The van der Waals surface area contributed by atoms with Crippen molar-refractivity contribution in [1.29, 1.82) is 0 Å². The van der Waals surface area contributed by atoms with Crippen LogP contribution in [0, 0.1) is 0 Å². The van der Waals surface area contributed by atoms with Gasteiger partial charge in [-0.2, -0.15) is 0 Å². The number of hydrogen-bond donors (Lipinski definition) is 0. The third kappa shape index (κ3) is 1.95. The van der Waals surface area contributed by atoms with Gasteiger partial charge in [-0.25, -0.2) is 0 Å². The van der Waals surface area contributed by atoms with Crippen molar-refractivity contribution in [2.75, 3.05) is 0 Å². The molecule has 2 heterocycles. The molecule has 1 amide bonds. The summed E-state index contributed by atoms with van der Waals surface area (Å²) >= 11 is 1.52. The number of fused-ring (bicyclic) bond motifs is 1. The summed E-state index contributed by atoms with van der Waals surface area (Å²) in [6.07, 6.45) is 0.952. The highest BCUT2D eigenvalue weighted by Crippen LogP contribution is 2.25. The molecule has 92 valence electrons. The maximum atomic E-state index is 12.4. The highest BCUT2D eigenvalue weighted by molar-refractivity contribution is 7.12. The molecule has 0 bridgehead atoms. The molecule has 1 aliphatic heterocycles. The van der Waals surface area contributed by atoms with E-state index in [1.807, 2.05) is 28.5 Å². The molecular weight excluding hydrogens is 242 g/mol. The lowest BCUT2D eigenvalue weighted by Gasteiger charge is -2.34. The van der Waals surface area contributed by atoms with E-state index >= 15 is 0 Å². The second-order valence-electron chi connectivity index (χ2n) is 4.73. The molecule has 0 aliphatic carbocycles. The van der Waals surface area contributed by atoms with Gasteiger partial charge in [0.2, 0.25) is 0 Å². The van der Waals surface area contributed by atoms with Crippen molar-refractivity contribution in [1.82, 2.24) is 4.90 Å². The van der Waals surface area contributed by atoms with Crippen LogP contribution in [0.1, 0.15) is 27.7 Å². The summed E-state index contributed by atoms with van der Waals surface area (Å²) in [7, 11) is 0. The summed E-state index contributed by atoms with van der Waals surface area (Å²) in [6.45, 7) is 2.86. The monoisotopic (exact) mass is 257 g/mol. The molecule has 1 atom stereocenters. The lowest BCUT2D eigenvalue weighted by atomic mass is 9.95. The van der Waals surface area contributed by atoms with Crippen LogP contribution in [0.4, 0.5) is 0 Å². The third-order valence-electron chi connectivity index (χ3n) is 3.50. The van der Waals surface area contributed by atoms with Crippen LogP contribution >= 0.6 is 11.3 Å². The van der Waals surface area contributed by atoms with Crippen LogP contribution in [0.15, 0.2) is 41.8 Å². The van der Waals surface area contributed by atoms with E-state index in [0.717, 1.165) is 17.8 Å². The molecule has 3 rings (SSSR count). The Labute approximate surface area is 111 Å². The smallest absolute Gasteiger partial charge is 0.264 e. The van der Waals surface area contributed by atoms with Crippen LogP contribution in [0.2, 0.25) is 0 Å². The van der Waals surface area contributed by atoms with Gasteiger partial charge in [-0.3, -0.25) is 4.79 Å². The highest BCUT2D eigenvalue weighted by Gasteiger charge is 2.27. The van der Waals surface area contributed by atoms with E-state index < -0.39 is 0 Å². The largest absolute Gasteiger partial charge is 0.331 e. The Hall–Kier alpha value is -1.61. The SMILES string of the molecule is CC1Cc2ccccc2CN1C(=O)c1cccs1. The number of carbonyl (C=O) groups is 1. The normalized spacial score (nSPS) is 18.5. The molecule has 1 aromatic carbocycles. The summed E-state index contributed by atoms with van der Waals surface area (Å²) in [5.74, 6) is 0.159. The molecule has 0 saturated heterocycles. The standard InChI is InChI=1S/C15H15NOS/c1-11-9-12-5-2-3-6-13(12)10-16(11)15(17)14-7-4-8-18-14/h2-8,11H,9-10H2,1H3. The van der Waals surface area contributed by atoms with Crippen molar-refractivity contribution in [2.24, 2.45) is 0 Å². The van der Waals surface area contributed by atoms with Crippen LogP contribution in [0.25, 0.3) is 0 Å². The number of carbonyl (C=O) groups excluding carboxylic acids is 1. The maximum absolute atomic E-state index is 12.4. The van der Waals surface area contributed by atoms with E-state index in [-0.39, 0.29) is 11.9 Å². The van der Waals surface area contributed by atoms with Gasteiger partial charge in [0, 0.05) is 12.6 Å². The second kappa shape index (κ2) is 4.58. The first-order valence-electron chi connectivity index (χ1n) is 6.17. The zero-order valence-corrected chi connectivity index (χ0v) is 11.1. The summed E-state index contributed by atoms with van der Waals surface area (Å²) in [6, 6.07) is 12.5. The van der Waals surface area contributed by atoms with Crippen LogP contribution in [-0.4, -0.2) is 16.8 Å². The molecule has 2 nitrogen and oxygen atoms in total. The second-order valence-corrected chi connectivity index (χ2v) is 5.68. The molecule has 0 N–H and O–H groups in total. The number of thiophene rings is 1. The molecule has 1 aromatic heterocycles. The predicted octanol–water partition coefficient (Wildman–Crippen LogP) is 3.34. The van der Waals surface area contributed by atoms with Gasteiger partial charge >= 0.3 is 0 Å². The van der Waals surface area contributed by atoms with E-state index in [4.69, 9.17) is 0 Å². The van der Waals surface area contributed by atoms with Gasteiger partial charge in [0.05, 0.1) is 4.88 Å². The third-order valence-corrected chi connectivity index (χ3v) is 4.36. The summed E-state index contributed by atoms with van der Waals surface area (Å²) < 4.78 is 0. The Kier molecular flexibility index (Phi) is 2.92. The lowest BCUT2D eigenvalue weighted by molar-refractivity contribution is 0.0663. The quantitative estimate of drug-likeness (QED) is 0.767. The summed E-state index contributed by atoms with van der Waals surface area (Å²) in [5.41, 5.74) is 2.65. The Bertz CT molecular complexity index is 562. The van der Waals surface area contributed by atoms with E-state index in [9.17, 15) is 4.79 Å². The van der Waals surface area contributed by atoms with Crippen molar-refractivity contribution >= 4 is 17.2 Å². The average molecular weight is 257 g/mol. The number of hydrogen-bond acceptors (Lipinski definition) is 2. The van der Waals surface area contributed by atoms with Gasteiger partial charge in [0.1, 0.15) is 0 Å². The molecule has 1 unspecified atom stereocenters. The van der Waals surface area contributed by atoms with Gasteiger partial charge in [-0.05, 0) is 35.9 Å².